The van der Waals surface area contributed by atoms with E-state index in [1.807, 2.05) is 6.07 Å². The summed E-state index contributed by atoms with van der Waals surface area (Å²) in [6.45, 7) is 6.12. The molecular formula is C14H17N3O2. The molecule has 2 heterocycles. The number of rotatable bonds is 3. The predicted molar refractivity (Wildman–Crippen MR) is 71.2 cm³/mol. The minimum absolute atomic E-state index is 0.503. The molecule has 2 aromatic rings. The Hall–Kier alpha value is -2.06. The van der Waals surface area contributed by atoms with Crippen molar-refractivity contribution in [3.8, 4) is 23.4 Å². The zero-order valence-electron chi connectivity index (χ0n) is 11.3. The lowest BCUT2D eigenvalue weighted by molar-refractivity contribution is 0.143. The Morgan fingerprint density at radius 1 is 1.42 bits per heavy atom. The largest absolute Gasteiger partial charge is 0.444 e. The maximum absolute atomic E-state index is 9.54. The lowest BCUT2D eigenvalue weighted by Crippen LogP contribution is -2.14. The molecule has 0 amide bonds. The quantitative estimate of drug-likeness (QED) is 0.857. The molecule has 0 aliphatic heterocycles. The first-order valence-corrected chi connectivity index (χ1v) is 6.23. The molecule has 0 atom stereocenters. The van der Waals surface area contributed by atoms with Crippen LogP contribution in [0.25, 0.3) is 11.6 Å². The van der Waals surface area contributed by atoms with Gasteiger partial charge in [0.1, 0.15) is 11.9 Å². The van der Waals surface area contributed by atoms with Gasteiger partial charge in [0.2, 0.25) is 0 Å². The average molecular weight is 259 g/mol. The first kappa shape index (κ1) is 13.4. The molecular weight excluding hydrogens is 242 g/mol. The molecule has 1 N–H and O–H groups in total. The number of hydrogen-bond acceptors (Lipinski definition) is 4. The van der Waals surface area contributed by atoms with Crippen LogP contribution in [0, 0.1) is 11.8 Å². The molecule has 5 heteroatoms. The Morgan fingerprint density at radius 3 is 2.89 bits per heavy atom. The highest BCUT2D eigenvalue weighted by molar-refractivity contribution is 5.48. The molecule has 0 spiro atoms. The fourth-order valence-corrected chi connectivity index (χ4v) is 1.57. The first-order chi connectivity index (χ1) is 8.99. The molecule has 0 aliphatic rings. The molecule has 0 fully saturated rings. The van der Waals surface area contributed by atoms with E-state index in [0.29, 0.717) is 17.3 Å². The Labute approximate surface area is 112 Å². The molecule has 0 bridgehead atoms. The van der Waals surface area contributed by atoms with Crippen molar-refractivity contribution in [3.63, 3.8) is 0 Å². The average Bonchev–Trinajstić information content (AvgIpc) is 2.93. The van der Waals surface area contributed by atoms with Gasteiger partial charge in [-0.05, 0) is 38.3 Å². The van der Waals surface area contributed by atoms with Crippen LogP contribution in [0.3, 0.4) is 0 Å². The molecule has 0 radical (unpaired) electrons. The summed E-state index contributed by atoms with van der Waals surface area (Å²) in [5, 5.41) is 13.7. The molecule has 0 saturated carbocycles. The van der Waals surface area contributed by atoms with Gasteiger partial charge in [-0.15, -0.1) is 0 Å². The topological polar surface area (TPSA) is 64.1 Å². The van der Waals surface area contributed by atoms with Gasteiger partial charge in [0.05, 0.1) is 0 Å². The normalized spacial score (nSPS) is 11.2. The van der Waals surface area contributed by atoms with Crippen LogP contribution in [-0.4, -0.2) is 25.5 Å². The van der Waals surface area contributed by atoms with Gasteiger partial charge in [0, 0.05) is 6.54 Å². The summed E-state index contributed by atoms with van der Waals surface area (Å²) in [7, 11) is 0. The molecule has 5 nitrogen and oxygen atoms in total. The Morgan fingerprint density at radius 2 is 2.21 bits per heavy atom. The van der Waals surface area contributed by atoms with Crippen LogP contribution >= 0.6 is 0 Å². The second-order valence-corrected chi connectivity index (χ2v) is 4.78. The number of aromatic nitrogens is 3. The van der Waals surface area contributed by atoms with Crippen molar-refractivity contribution >= 4 is 0 Å². The number of aliphatic hydroxyl groups is 1. The van der Waals surface area contributed by atoms with Gasteiger partial charge in [-0.2, -0.15) is 5.10 Å². The number of hydrogen-bond donors (Lipinski definition) is 1. The second-order valence-electron chi connectivity index (χ2n) is 4.78. The van der Waals surface area contributed by atoms with Crippen LogP contribution in [0.1, 0.15) is 33.0 Å². The van der Waals surface area contributed by atoms with Crippen molar-refractivity contribution in [2.45, 2.75) is 39.3 Å². The van der Waals surface area contributed by atoms with E-state index in [2.05, 4.69) is 28.8 Å². The summed E-state index contributed by atoms with van der Waals surface area (Å²) in [5.74, 6) is 7.33. The van der Waals surface area contributed by atoms with E-state index in [0.717, 1.165) is 13.0 Å². The number of nitrogens with zero attached hydrogens (tertiary/aromatic N) is 3. The SMILES string of the molecule is CCCn1ncnc1-c1ccc(C#CC(C)(C)O)o1. The van der Waals surface area contributed by atoms with Crippen LogP contribution in [0.4, 0.5) is 0 Å². The standard InChI is InChI=1S/C14H17N3O2/c1-4-9-17-13(15-10-16-17)12-6-5-11(19-12)7-8-14(2,3)18/h5-6,10,18H,4,9H2,1-3H3. The lowest BCUT2D eigenvalue weighted by Gasteiger charge is -2.05. The van der Waals surface area contributed by atoms with Crippen molar-refractivity contribution in [1.82, 2.24) is 14.8 Å². The molecule has 0 aliphatic carbocycles. The van der Waals surface area contributed by atoms with Crippen molar-refractivity contribution in [2.75, 3.05) is 0 Å². The summed E-state index contributed by atoms with van der Waals surface area (Å²) in [6.07, 6.45) is 2.48. The van der Waals surface area contributed by atoms with E-state index in [1.54, 1.807) is 24.6 Å². The van der Waals surface area contributed by atoms with Crippen LogP contribution in [0.2, 0.25) is 0 Å². The maximum Gasteiger partial charge on any atom is 0.194 e. The van der Waals surface area contributed by atoms with Gasteiger partial charge in [-0.1, -0.05) is 12.8 Å². The van der Waals surface area contributed by atoms with Gasteiger partial charge >= 0.3 is 0 Å². The van der Waals surface area contributed by atoms with Crippen LogP contribution in [0.5, 0.6) is 0 Å². The summed E-state index contributed by atoms with van der Waals surface area (Å²) in [6, 6.07) is 3.57. The minimum Gasteiger partial charge on any atom is -0.444 e. The smallest absolute Gasteiger partial charge is 0.194 e. The van der Waals surface area contributed by atoms with E-state index in [9.17, 15) is 5.11 Å². The fraction of sp³-hybridized carbons (Fsp3) is 0.429. The number of furan rings is 1. The Bertz CT molecular complexity index is 608. The van der Waals surface area contributed by atoms with Gasteiger partial charge in [-0.3, -0.25) is 0 Å². The van der Waals surface area contributed by atoms with Crippen LogP contribution in [-0.2, 0) is 6.54 Å². The van der Waals surface area contributed by atoms with Crippen LogP contribution in [0.15, 0.2) is 22.9 Å². The Balaban J connectivity index is 2.25. The fourth-order valence-electron chi connectivity index (χ4n) is 1.57. The van der Waals surface area contributed by atoms with Crippen LogP contribution < -0.4 is 0 Å². The summed E-state index contributed by atoms with van der Waals surface area (Å²) in [5.41, 5.74) is -1.03. The lowest BCUT2D eigenvalue weighted by atomic mass is 10.1. The van der Waals surface area contributed by atoms with E-state index in [-0.39, 0.29) is 0 Å². The summed E-state index contributed by atoms with van der Waals surface area (Å²) in [4.78, 5) is 4.19. The number of aryl methyl sites for hydroxylation is 1. The van der Waals surface area contributed by atoms with Crippen molar-refractivity contribution in [1.29, 1.82) is 0 Å². The molecule has 2 rings (SSSR count). The van der Waals surface area contributed by atoms with Gasteiger partial charge in [-0.25, -0.2) is 9.67 Å². The van der Waals surface area contributed by atoms with E-state index >= 15 is 0 Å². The van der Waals surface area contributed by atoms with E-state index in [1.165, 1.54) is 6.33 Å². The van der Waals surface area contributed by atoms with Gasteiger partial charge < -0.3 is 9.52 Å². The summed E-state index contributed by atoms with van der Waals surface area (Å²) >= 11 is 0. The Kier molecular flexibility index (Phi) is 3.72. The van der Waals surface area contributed by atoms with Gasteiger partial charge in [0.15, 0.2) is 17.3 Å². The molecule has 2 aromatic heterocycles. The monoisotopic (exact) mass is 259 g/mol. The molecule has 100 valence electrons. The highest BCUT2D eigenvalue weighted by atomic mass is 16.3. The molecule has 19 heavy (non-hydrogen) atoms. The van der Waals surface area contributed by atoms with Crippen molar-refractivity contribution in [2.24, 2.45) is 0 Å². The highest BCUT2D eigenvalue weighted by Crippen LogP contribution is 2.19. The van der Waals surface area contributed by atoms with Crippen molar-refractivity contribution < 1.29 is 9.52 Å². The van der Waals surface area contributed by atoms with E-state index < -0.39 is 5.60 Å². The van der Waals surface area contributed by atoms with Gasteiger partial charge in [0.25, 0.3) is 0 Å². The second kappa shape index (κ2) is 5.29. The highest BCUT2D eigenvalue weighted by Gasteiger charge is 2.11. The molecule has 0 unspecified atom stereocenters. The molecule has 0 saturated heterocycles. The third kappa shape index (κ3) is 3.46. The predicted octanol–water partition coefficient (Wildman–Crippen LogP) is 2.07. The first-order valence-electron chi connectivity index (χ1n) is 6.23. The van der Waals surface area contributed by atoms with E-state index in [4.69, 9.17) is 4.42 Å². The maximum atomic E-state index is 9.54. The molecule has 0 aromatic carbocycles. The third-order valence-corrected chi connectivity index (χ3v) is 2.37. The van der Waals surface area contributed by atoms with Crippen molar-refractivity contribution in [3.05, 3.63) is 24.2 Å². The third-order valence-electron chi connectivity index (χ3n) is 2.37. The summed E-state index contributed by atoms with van der Waals surface area (Å²) < 4.78 is 7.40. The minimum atomic E-state index is -1.03. The zero-order valence-corrected chi connectivity index (χ0v) is 11.3. The zero-order chi connectivity index (χ0) is 13.9.